The number of thiophene rings is 1. The molecular weight excluding hydrogens is 244 g/mol. The van der Waals surface area contributed by atoms with Crippen LogP contribution in [0, 0.1) is 18.3 Å². The van der Waals surface area contributed by atoms with E-state index in [0.717, 1.165) is 21.8 Å². The first-order valence-electron chi connectivity index (χ1n) is 5.69. The van der Waals surface area contributed by atoms with Crippen LogP contribution in [0.4, 0.5) is 5.00 Å². The molecule has 0 atom stereocenters. The van der Waals surface area contributed by atoms with E-state index in [4.69, 9.17) is 15.7 Å². The van der Waals surface area contributed by atoms with Crippen LogP contribution in [0.1, 0.15) is 17.4 Å². The van der Waals surface area contributed by atoms with Crippen molar-refractivity contribution >= 4 is 16.3 Å². The number of hydrogen-bond acceptors (Lipinski definition) is 4. The summed E-state index contributed by atoms with van der Waals surface area (Å²) in [6, 6.07) is 9.91. The number of nitriles is 1. The Labute approximate surface area is 110 Å². The van der Waals surface area contributed by atoms with Crippen molar-refractivity contribution in [3.05, 3.63) is 34.7 Å². The highest BCUT2D eigenvalue weighted by molar-refractivity contribution is 7.16. The third-order valence-electron chi connectivity index (χ3n) is 2.68. The molecule has 2 aromatic rings. The largest absolute Gasteiger partial charge is 0.494 e. The average molecular weight is 258 g/mol. The van der Waals surface area contributed by atoms with E-state index >= 15 is 0 Å². The van der Waals surface area contributed by atoms with Gasteiger partial charge in [0.25, 0.3) is 0 Å². The van der Waals surface area contributed by atoms with Gasteiger partial charge in [-0.15, -0.1) is 11.3 Å². The standard InChI is InChI=1S/C14H14N2OS/c1-3-17-11-6-4-10(5-7-11)13-9(2)18-14(16)12(13)8-15/h4-7H,3,16H2,1-2H3. The van der Waals surface area contributed by atoms with Crippen LogP contribution in [0.25, 0.3) is 11.1 Å². The van der Waals surface area contributed by atoms with Crippen LogP contribution in [-0.4, -0.2) is 6.61 Å². The van der Waals surface area contributed by atoms with Crippen molar-refractivity contribution in [2.24, 2.45) is 0 Å². The molecule has 0 aliphatic carbocycles. The lowest BCUT2D eigenvalue weighted by Gasteiger charge is -2.05. The van der Waals surface area contributed by atoms with E-state index in [0.29, 0.717) is 17.2 Å². The number of aryl methyl sites for hydroxylation is 1. The monoisotopic (exact) mass is 258 g/mol. The highest BCUT2D eigenvalue weighted by Gasteiger charge is 2.15. The Morgan fingerprint density at radius 1 is 1.33 bits per heavy atom. The first kappa shape index (κ1) is 12.5. The molecule has 0 amide bonds. The van der Waals surface area contributed by atoms with Crippen molar-refractivity contribution in [1.29, 1.82) is 5.26 Å². The molecular formula is C14H14N2OS. The number of benzene rings is 1. The zero-order chi connectivity index (χ0) is 13.1. The molecule has 1 aromatic heterocycles. The summed E-state index contributed by atoms with van der Waals surface area (Å²) < 4.78 is 5.40. The Balaban J connectivity index is 2.46. The van der Waals surface area contributed by atoms with Gasteiger partial charge < -0.3 is 10.5 Å². The van der Waals surface area contributed by atoms with Crippen molar-refractivity contribution in [3.8, 4) is 22.9 Å². The Morgan fingerprint density at radius 2 is 2.00 bits per heavy atom. The molecule has 0 saturated carbocycles. The van der Waals surface area contributed by atoms with Gasteiger partial charge in [0.15, 0.2) is 0 Å². The fraction of sp³-hybridized carbons (Fsp3) is 0.214. The minimum atomic E-state index is 0.571. The van der Waals surface area contributed by atoms with Crippen molar-refractivity contribution in [2.75, 3.05) is 12.3 Å². The number of ether oxygens (including phenoxy) is 1. The molecule has 2 N–H and O–H groups in total. The summed E-state index contributed by atoms with van der Waals surface area (Å²) >= 11 is 1.45. The van der Waals surface area contributed by atoms with Crippen molar-refractivity contribution in [1.82, 2.24) is 0 Å². The Morgan fingerprint density at radius 3 is 2.56 bits per heavy atom. The maximum Gasteiger partial charge on any atom is 0.119 e. The minimum absolute atomic E-state index is 0.571. The van der Waals surface area contributed by atoms with Crippen LogP contribution in [0.3, 0.4) is 0 Å². The lowest BCUT2D eigenvalue weighted by atomic mass is 10.0. The van der Waals surface area contributed by atoms with Gasteiger partial charge >= 0.3 is 0 Å². The second-order valence-electron chi connectivity index (χ2n) is 3.84. The maximum atomic E-state index is 9.16. The predicted molar refractivity (Wildman–Crippen MR) is 74.8 cm³/mol. The average Bonchev–Trinajstić information content (AvgIpc) is 2.65. The zero-order valence-corrected chi connectivity index (χ0v) is 11.2. The summed E-state index contributed by atoms with van der Waals surface area (Å²) in [7, 11) is 0. The normalized spacial score (nSPS) is 10.1. The fourth-order valence-corrected chi connectivity index (χ4v) is 2.81. The molecule has 0 radical (unpaired) electrons. The van der Waals surface area contributed by atoms with Gasteiger partial charge in [-0.05, 0) is 31.5 Å². The van der Waals surface area contributed by atoms with E-state index in [1.165, 1.54) is 11.3 Å². The summed E-state index contributed by atoms with van der Waals surface area (Å²) in [5.74, 6) is 0.834. The number of hydrogen-bond donors (Lipinski definition) is 1. The van der Waals surface area contributed by atoms with Crippen LogP contribution >= 0.6 is 11.3 Å². The van der Waals surface area contributed by atoms with Gasteiger partial charge in [0, 0.05) is 10.4 Å². The number of nitrogens with zero attached hydrogens (tertiary/aromatic N) is 1. The maximum absolute atomic E-state index is 9.16. The number of nitrogen functional groups attached to an aromatic ring is 1. The molecule has 4 heteroatoms. The van der Waals surface area contributed by atoms with Gasteiger partial charge in [-0.3, -0.25) is 0 Å². The highest BCUT2D eigenvalue weighted by atomic mass is 32.1. The van der Waals surface area contributed by atoms with E-state index in [-0.39, 0.29) is 0 Å². The number of anilines is 1. The quantitative estimate of drug-likeness (QED) is 0.915. The molecule has 92 valence electrons. The molecule has 0 spiro atoms. The summed E-state index contributed by atoms with van der Waals surface area (Å²) in [5, 5.41) is 9.75. The molecule has 0 aliphatic rings. The summed E-state index contributed by atoms with van der Waals surface area (Å²) in [5.41, 5.74) is 8.34. The molecule has 1 heterocycles. The van der Waals surface area contributed by atoms with Gasteiger partial charge in [0.2, 0.25) is 0 Å². The molecule has 0 saturated heterocycles. The lowest BCUT2D eigenvalue weighted by Crippen LogP contribution is -1.91. The summed E-state index contributed by atoms with van der Waals surface area (Å²) in [6.07, 6.45) is 0. The highest BCUT2D eigenvalue weighted by Crippen LogP contribution is 2.37. The van der Waals surface area contributed by atoms with E-state index in [9.17, 15) is 0 Å². The zero-order valence-electron chi connectivity index (χ0n) is 10.4. The van der Waals surface area contributed by atoms with Gasteiger partial charge in [0.1, 0.15) is 16.8 Å². The second kappa shape index (κ2) is 5.11. The van der Waals surface area contributed by atoms with E-state index in [1.54, 1.807) is 0 Å². The van der Waals surface area contributed by atoms with Crippen LogP contribution in [-0.2, 0) is 0 Å². The van der Waals surface area contributed by atoms with Gasteiger partial charge in [-0.2, -0.15) is 5.26 Å². The first-order valence-corrected chi connectivity index (χ1v) is 6.51. The van der Waals surface area contributed by atoms with E-state index in [2.05, 4.69) is 6.07 Å². The van der Waals surface area contributed by atoms with Crippen LogP contribution in [0.2, 0.25) is 0 Å². The molecule has 0 bridgehead atoms. The lowest BCUT2D eigenvalue weighted by molar-refractivity contribution is 0.340. The molecule has 0 fully saturated rings. The SMILES string of the molecule is CCOc1ccc(-c2c(C)sc(N)c2C#N)cc1. The summed E-state index contributed by atoms with van der Waals surface area (Å²) in [4.78, 5) is 1.06. The molecule has 3 nitrogen and oxygen atoms in total. The fourth-order valence-electron chi connectivity index (χ4n) is 1.91. The van der Waals surface area contributed by atoms with Crippen LogP contribution < -0.4 is 10.5 Å². The van der Waals surface area contributed by atoms with Crippen molar-refractivity contribution in [3.63, 3.8) is 0 Å². The molecule has 1 aromatic carbocycles. The van der Waals surface area contributed by atoms with Crippen molar-refractivity contribution in [2.45, 2.75) is 13.8 Å². The Bertz CT molecular complexity index is 593. The molecule has 0 aliphatic heterocycles. The van der Waals surface area contributed by atoms with Gasteiger partial charge in [0.05, 0.1) is 12.2 Å². The van der Waals surface area contributed by atoms with E-state index < -0.39 is 0 Å². The second-order valence-corrected chi connectivity index (χ2v) is 5.10. The first-order chi connectivity index (χ1) is 8.67. The van der Waals surface area contributed by atoms with Crippen LogP contribution in [0.15, 0.2) is 24.3 Å². The number of nitrogens with two attached hydrogens (primary N) is 1. The molecule has 0 unspecified atom stereocenters. The smallest absolute Gasteiger partial charge is 0.119 e. The third kappa shape index (κ3) is 2.18. The number of rotatable bonds is 3. The Kier molecular flexibility index (Phi) is 3.54. The summed E-state index contributed by atoms with van der Waals surface area (Å²) in [6.45, 7) is 4.58. The Hall–Kier alpha value is -1.99. The van der Waals surface area contributed by atoms with Gasteiger partial charge in [-0.1, -0.05) is 12.1 Å². The molecule has 2 rings (SSSR count). The third-order valence-corrected chi connectivity index (χ3v) is 3.61. The van der Waals surface area contributed by atoms with E-state index in [1.807, 2.05) is 38.1 Å². The van der Waals surface area contributed by atoms with Crippen LogP contribution in [0.5, 0.6) is 5.75 Å². The molecule has 18 heavy (non-hydrogen) atoms. The van der Waals surface area contributed by atoms with Gasteiger partial charge in [-0.25, -0.2) is 0 Å². The minimum Gasteiger partial charge on any atom is -0.494 e. The predicted octanol–water partition coefficient (Wildman–Crippen LogP) is 3.58. The topological polar surface area (TPSA) is 59.0 Å². The van der Waals surface area contributed by atoms with Crippen molar-refractivity contribution < 1.29 is 4.74 Å².